The molecule has 7 nitrogen and oxygen atoms in total. The van der Waals surface area contributed by atoms with Crippen LogP contribution in [0.25, 0.3) is 0 Å². The molecule has 20 heavy (non-hydrogen) atoms. The van der Waals surface area contributed by atoms with Gasteiger partial charge in [0.05, 0.1) is 11.3 Å². The Hall–Kier alpha value is -2.62. The van der Waals surface area contributed by atoms with Gasteiger partial charge in [0, 0.05) is 6.04 Å². The number of nitrogens with zero attached hydrogens (tertiary/aromatic N) is 2. The highest BCUT2D eigenvalue weighted by molar-refractivity contribution is 5.71. The number of carboxylic acids is 1. The summed E-state index contributed by atoms with van der Waals surface area (Å²) in [7, 11) is 0. The summed E-state index contributed by atoms with van der Waals surface area (Å²) in [5.74, 6) is -0.977. The van der Waals surface area contributed by atoms with Crippen LogP contribution in [0.5, 0.6) is 0 Å². The fraction of sp³-hybridized carbons (Fsp3) is 0.385. The molecule has 0 saturated heterocycles. The molecule has 0 aliphatic rings. The van der Waals surface area contributed by atoms with Crippen LogP contribution >= 0.6 is 0 Å². The molecule has 0 saturated carbocycles. The van der Waals surface area contributed by atoms with Gasteiger partial charge in [-0.25, -0.2) is 0 Å². The van der Waals surface area contributed by atoms with Crippen molar-refractivity contribution < 1.29 is 14.8 Å². The average molecular weight is 277 g/mol. The molecule has 1 aromatic carbocycles. The summed E-state index contributed by atoms with van der Waals surface area (Å²) in [5.41, 5.74) is -0.194. The summed E-state index contributed by atoms with van der Waals surface area (Å²) >= 11 is 0. The molecule has 1 atom stereocenters. The Morgan fingerprint density at radius 1 is 1.60 bits per heavy atom. The van der Waals surface area contributed by atoms with E-state index in [-0.39, 0.29) is 23.4 Å². The Bertz CT molecular complexity index is 551. The van der Waals surface area contributed by atoms with Crippen molar-refractivity contribution >= 4 is 17.3 Å². The van der Waals surface area contributed by atoms with Gasteiger partial charge in [-0.15, -0.1) is 0 Å². The molecule has 1 rings (SSSR count). The summed E-state index contributed by atoms with van der Waals surface area (Å²) in [5, 5.41) is 31.7. The fourth-order valence-corrected chi connectivity index (χ4v) is 1.95. The van der Waals surface area contributed by atoms with E-state index in [9.17, 15) is 14.9 Å². The summed E-state index contributed by atoms with van der Waals surface area (Å²) < 4.78 is 0. The molecule has 0 bridgehead atoms. The highest BCUT2D eigenvalue weighted by atomic mass is 16.6. The van der Waals surface area contributed by atoms with E-state index in [1.165, 1.54) is 18.2 Å². The van der Waals surface area contributed by atoms with Crippen molar-refractivity contribution in [1.29, 1.82) is 5.26 Å². The van der Waals surface area contributed by atoms with Gasteiger partial charge in [-0.05, 0) is 18.6 Å². The largest absolute Gasteiger partial charge is 0.481 e. The number of nitro groups is 1. The lowest BCUT2D eigenvalue weighted by Crippen LogP contribution is -2.23. The Morgan fingerprint density at radius 3 is 2.80 bits per heavy atom. The first kappa shape index (κ1) is 15.4. The fourth-order valence-electron chi connectivity index (χ4n) is 1.95. The van der Waals surface area contributed by atoms with E-state index in [1.807, 2.05) is 6.92 Å². The lowest BCUT2D eigenvalue weighted by Gasteiger charge is -2.17. The van der Waals surface area contributed by atoms with Gasteiger partial charge in [-0.3, -0.25) is 14.9 Å². The van der Waals surface area contributed by atoms with Gasteiger partial charge in [-0.2, -0.15) is 5.26 Å². The van der Waals surface area contributed by atoms with Crippen LogP contribution in [0.2, 0.25) is 0 Å². The summed E-state index contributed by atoms with van der Waals surface area (Å²) in [6.45, 7) is 1.90. The Morgan fingerprint density at radius 2 is 2.30 bits per heavy atom. The molecule has 106 valence electrons. The lowest BCUT2D eigenvalue weighted by molar-refractivity contribution is -0.384. The van der Waals surface area contributed by atoms with E-state index in [4.69, 9.17) is 10.4 Å². The zero-order chi connectivity index (χ0) is 15.1. The van der Waals surface area contributed by atoms with E-state index in [0.717, 1.165) is 6.42 Å². The van der Waals surface area contributed by atoms with Crippen molar-refractivity contribution in [3.05, 3.63) is 33.9 Å². The van der Waals surface area contributed by atoms with E-state index in [2.05, 4.69) is 5.32 Å². The minimum absolute atomic E-state index is 0.0504. The third-order valence-electron chi connectivity index (χ3n) is 2.76. The summed E-state index contributed by atoms with van der Waals surface area (Å²) in [4.78, 5) is 21.2. The van der Waals surface area contributed by atoms with Crippen molar-refractivity contribution in [3.8, 4) is 6.07 Å². The quantitative estimate of drug-likeness (QED) is 0.584. The smallest absolute Gasteiger partial charge is 0.309 e. The highest BCUT2D eigenvalue weighted by Crippen LogP contribution is 2.29. The minimum Gasteiger partial charge on any atom is -0.481 e. The monoisotopic (exact) mass is 277 g/mol. The molecule has 1 unspecified atom stereocenters. The minimum atomic E-state index is -0.977. The van der Waals surface area contributed by atoms with E-state index >= 15 is 0 Å². The zero-order valence-electron chi connectivity index (χ0n) is 11.0. The molecule has 7 heteroatoms. The van der Waals surface area contributed by atoms with Gasteiger partial charge in [0.15, 0.2) is 0 Å². The number of anilines is 1. The van der Waals surface area contributed by atoms with Crippen LogP contribution in [0.3, 0.4) is 0 Å². The summed E-state index contributed by atoms with van der Waals surface area (Å²) in [6, 6.07) is 5.71. The van der Waals surface area contributed by atoms with Crippen LogP contribution in [0, 0.1) is 21.4 Å². The van der Waals surface area contributed by atoms with Crippen LogP contribution in [0.4, 0.5) is 11.4 Å². The number of hydrogen-bond acceptors (Lipinski definition) is 5. The molecule has 0 heterocycles. The molecule has 0 aliphatic carbocycles. The number of hydrogen-bond donors (Lipinski definition) is 2. The number of benzene rings is 1. The molecular weight excluding hydrogens is 262 g/mol. The van der Waals surface area contributed by atoms with Crippen LogP contribution in [-0.2, 0) is 4.79 Å². The van der Waals surface area contributed by atoms with Gasteiger partial charge >= 0.3 is 11.7 Å². The number of rotatable bonds is 7. The molecule has 0 radical (unpaired) electrons. The number of aliphatic carboxylic acids is 1. The van der Waals surface area contributed by atoms with Crippen LogP contribution in [0.15, 0.2) is 18.2 Å². The van der Waals surface area contributed by atoms with Crippen LogP contribution < -0.4 is 5.32 Å². The van der Waals surface area contributed by atoms with Gasteiger partial charge in [-0.1, -0.05) is 19.4 Å². The zero-order valence-corrected chi connectivity index (χ0v) is 11.0. The predicted octanol–water partition coefficient (Wildman–Crippen LogP) is 2.52. The molecule has 0 aromatic heterocycles. The lowest BCUT2D eigenvalue weighted by atomic mass is 10.1. The molecule has 0 aliphatic heterocycles. The van der Waals surface area contributed by atoms with Gasteiger partial charge < -0.3 is 10.4 Å². The van der Waals surface area contributed by atoms with Crippen LogP contribution in [0.1, 0.15) is 31.7 Å². The van der Waals surface area contributed by atoms with E-state index in [0.29, 0.717) is 6.42 Å². The van der Waals surface area contributed by atoms with Gasteiger partial charge in [0.25, 0.3) is 0 Å². The second-order valence-corrected chi connectivity index (χ2v) is 4.30. The topological polar surface area (TPSA) is 116 Å². The molecule has 0 amide bonds. The number of nitrogens with one attached hydrogen (secondary N) is 1. The van der Waals surface area contributed by atoms with Crippen molar-refractivity contribution in [3.63, 3.8) is 0 Å². The third-order valence-corrected chi connectivity index (χ3v) is 2.76. The number of carboxylic acid groups (broad SMARTS) is 1. The summed E-state index contributed by atoms with van der Waals surface area (Å²) in [6.07, 6.45) is 1.18. The maximum Gasteiger partial charge on any atom is 0.309 e. The Labute approximate surface area is 116 Å². The van der Waals surface area contributed by atoms with E-state index < -0.39 is 16.9 Å². The Balaban J connectivity index is 3.09. The number of nitriles is 1. The van der Waals surface area contributed by atoms with Gasteiger partial charge in [0.2, 0.25) is 0 Å². The normalized spacial score (nSPS) is 11.4. The molecule has 1 aromatic rings. The first-order valence-electron chi connectivity index (χ1n) is 6.15. The SMILES string of the molecule is CCCC(CC(=O)O)Nc1cccc(C#N)c1[N+](=O)[O-]. The van der Waals surface area contributed by atoms with Crippen molar-refractivity contribution in [2.45, 2.75) is 32.2 Å². The van der Waals surface area contributed by atoms with Gasteiger partial charge in [0.1, 0.15) is 17.3 Å². The molecule has 0 fully saturated rings. The van der Waals surface area contributed by atoms with Crippen molar-refractivity contribution in [1.82, 2.24) is 0 Å². The van der Waals surface area contributed by atoms with Crippen molar-refractivity contribution in [2.75, 3.05) is 5.32 Å². The van der Waals surface area contributed by atoms with E-state index in [1.54, 1.807) is 6.07 Å². The first-order chi connectivity index (χ1) is 9.49. The highest BCUT2D eigenvalue weighted by Gasteiger charge is 2.22. The number of nitro benzene ring substituents is 1. The number of carbonyl (C=O) groups is 1. The maximum atomic E-state index is 11.1. The Kier molecular flexibility index (Phi) is 5.47. The predicted molar refractivity (Wildman–Crippen MR) is 72.4 cm³/mol. The standard InChI is InChI=1S/C13H15N3O4/c1-2-4-10(7-12(17)18)15-11-6-3-5-9(8-14)13(11)16(19)20/h3,5-6,10,15H,2,4,7H2,1H3,(H,17,18). The first-order valence-corrected chi connectivity index (χ1v) is 6.15. The number of para-hydroxylation sites is 1. The molecular formula is C13H15N3O4. The van der Waals surface area contributed by atoms with Crippen molar-refractivity contribution in [2.24, 2.45) is 0 Å². The average Bonchev–Trinajstić information content (AvgIpc) is 2.37. The second-order valence-electron chi connectivity index (χ2n) is 4.30. The third kappa shape index (κ3) is 3.95. The van der Waals surface area contributed by atoms with Crippen LogP contribution in [-0.4, -0.2) is 22.0 Å². The molecule has 2 N–H and O–H groups in total. The maximum absolute atomic E-state index is 11.1. The molecule has 0 spiro atoms. The second kappa shape index (κ2) is 7.09.